The highest BCUT2D eigenvalue weighted by Gasteiger charge is 2.20. The van der Waals surface area contributed by atoms with E-state index in [2.05, 4.69) is 42.6 Å². The van der Waals surface area contributed by atoms with Gasteiger partial charge in [0.2, 0.25) is 0 Å². The quantitative estimate of drug-likeness (QED) is 0.862. The predicted molar refractivity (Wildman–Crippen MR) is 69.4 cm³/mol. The largest absolute Gasteiger partial charge is 0.310 e. The molecule has 17 heavy (non-hydrogen) atoms. The number of hydrogen-bond donors (Lipinski definition) is 1. The summed E-state index contributed by atoms with van der Waals surface area (Å²) in [5.74, 6) is 0.298. The molecule has 0 unspecified atom stereocenters. The van der Waals surface area contributed by atoms with Gasteiger partial charge in [0.1, 0.15) is 0 Å². The summed E-state index contributed by atoms with van der Waals surface area (Å²) in [6, 6.07) is 11.5. The van der Waals surface area contributed by atoms with E-state index in [1.165, 1.54) is 11.1 Å². The molecule has 0 heterocycles. The van der Waals surface area contributed by atoms with Crippen LogP contribution < -0.4 is 5.32 Å². The Morgan fingerprint density at radius 2 is 1.94 bits per heavy atom. The summed E-state index contributed by atoms with van der Waals surface area (Å²) < 4.78 is 0. The van der Waals surface area contributed by atoms with Gasteiger partial charge in [0, 0.05) is 18.5 Å². The molecule has 1 aliphatic rings. The molecular weight excluding hydrogens is 208 g/mol. The Kier molecular flexibility index (Phi) is 4.17. The van der Waals surface area contributed by atoms with Crippen LogP contribution in [-0.2, 0) is 6.54 Å². The summed E-state index contributed by atoms with van der Waals surface area (Å²) in [6.45, 7) is 3.11. The SMILES string of the molecule is Cc1ccccc1CNC1CCC(C#N)CC1. The van der Waals surface area contributed by atoms with Gasteiger partial charge in [-0.15, -0.1) is 0 Å². The van der Waals surface area contributed by atoms with E-state index in [-0.39, 0.29) is 0 Å². The van der Waals surface area contributed by atoms with Crippen molar-refractivity contribution in [2.24, 2.45) is 5.92 Å². The van der Waals surface area contributed by atoms with Gasteiger partial charge in [-0.2, -0.15) is 5.26 Å². The summed E-state index contributed by atoms with van der Waals surface area (Å²) in [5.41, 5.74) is 2.74. The van der Waals surface area contributed by atoms with Gasteiger partial charge in [-0.3, -0.25) is 0 Å². The molecule has 90 valence electrons. The number of nitriles is 1. The third-order valence-electron chi connectivity index (χ3n) is 3.75. The van der Waals surface area contributed by atoms with Crippen LogP contribution in [0.3, 0.4) is 0 Å². The number of aryl methyl sites for hydroxylation is 1. The zero-order valence-electron chi connectivity index (χ0n) is 10.4. The molecule has 1 aromatic carbocycles. The van der Waals surface area contributed by atoms with Gasteiger partial charge >= 0.3 is 0 Å². The lowest BCUT2D eigenvalue weighted by atomic mass is 9.87. The second-order valence-corrected chi connectivity index (χ2v) is 4.99. The van der Waals surface area contributed by atoms with Crippen molar-refractivity contribution in [2.75, 3.05) is 0 Å². The number of rotatable bonds is 3. The van der Waals surface area contributed by atoms with Crippen LogP contribution in [0.25, 0.3) is 0 Å². The highest BCUT2D eigenvalue weighted by atomic mass is 14.9. The molecule has 0 atom stereocenters. The molecule has 1 saturated carbocycles. The van der Waals surface area contributed by atoms with Gasteiger partial charge in [-0.1, -0.05) is 24.3 Å². The van der Waals surface area contributed by atoms with Crippen LogP contribution in [0.5, 0.6) is 0 Å². The van der Waals surface area contributed by atoms with Crippen molar-refractivity contribution in [1.29, 1.82) is 5.26 Å². The van der Waals surface area contributed by atoms with Crippen LogP contribution in [-0.4, -0.2) is 6.04 Å². The first-order chi connectivity index (χ1) is 8.29. The van der Waals surface area contributed by atoms with Crippen molar-refractivity contribution in [2.45, 2.75) is 45.2 Å². The van der Waals surface area contributed by atoms with Gasteiger partial charge in [0.25, 0.3) is 0 Å². The molecule has 2 heteroatoms. The van der Waals surface area contributed by atoms with Gasteiger partial charge in [0.05, 0.1) is 6.07 Å². The Bertz CT molecular complexity index is 398. The van der Waals surface area contributed by atoms with Gasteiger partial charge < -0.3 is 5.32 Å². The molecule has 0 saturated heterocycles. The molecule has 1 N–H and O–H groups in total. The summed E-state index contributed by atoms with van der Waals surface area (Å²) in [6.07, 6.45) is 4.40. The van der Waals surface area contributed by atoms with Gasteiger partial charge in [-0.05, 0) is 43.7 Å². The fourth-order valence-electron chi connectivity index (χ4n) is 2.49. The molecule has 0 aliphatic heterocycles. The highest BCUT2D eigenvalue weighted by Crippen LogP contribution is 2.23. The summed E-state index contributed by atoms with van der Waals surface area (Å²) >= 11 is 0. The molecule has 0 spiro atoms. The lowest BCUT2D eigenvalue weighted by molar-refractivity contribution is 0.331. The minimum Gasteiger partial charge on any atom is -0.310 e. The van der Waals surface area contributed by atoms with E-state index in [0.29, 0.717) is 12.0 Å². The first-order valence-corrected chi connectivity index (χ1v) is 6.47. The smallest absolute Gasteiger partial charge is 0.0655 e. The maximum atomic E-state index is 8.85. The number of benzene rings is 1. The fraction of sp³-hybridized carbons (Fsp3) is 0.533. The summed E-state index contributed by atoms with van der Waals surface area (Å²) in [4.78, 5) is 0. The molecule has 0 radical (unpaired) electrons. The molecule has 0 aromatic heterocycles. The first-order valence-electron chi connectivity index (χ1n) is 6.47. The maximum absolute atomic E-state index is 8.85. The number of nitrogens with zero attached hydrogens (tertiary/aromatic N) is 1. The lowest BCUT2D eigenvalue weighted by Crippen LogP contribution is -2.32. The highest BCUT2D eigenvalue weighted by molar-refractivity contribution is 5.25. The number of hydrogen-bond acceptors (Lipinski definition) is 2. The minimum atomic E-state index is 0.298. The summed E-state index contributed by atoms with van der Waals surface area (Å²) in [7, 11) is 0. The van der Waals surface area contributed by atoms with E-state index in [0.717, 1.165) is 32.2 Å². The standard InChI is InChI=1S/C15H20N2/c1-12-4-2-3-5-14(12)11-17-15-8-6-13(10-16)7-9-15/h2-5,13,15,17H,6-9,11H2,1H3. The van der Waals surface area contributed by atoms with Crippen LogP contribution in [0, 0.1) is 24.2 Å². The van der Waals surface area contributed by atoms with E-state index in [9.17, 15) is 0 Å². The van der Waals surface area contributed by atoms with E-state index >= 15 is 0 Å². The predicted octanol–water partition coefficient (Wildman–Crippen LogP) is 3.17. The normalized spacial score (nSPS) is 24.2. The molecular formula is C15H20N2. The minimum absolute atomic E-state index is 0.298. The van der Waals surface area contributed by atoms with Gasteiger partial charge in [-0.25, -0.2) is 0 Å². The van der Waals surface area contributed by atoms with Crippen LogP contribution in [0.2, 0.25) is 0 Å². The van der Waals surface area contributed by atoms with E-state index < -0.39 is 0 Å². The third-order valence-corrected chi connectivity index (χ3v) is 3.75. The molecule has 1 fully saturated rings. The van der Waals surface area contributed by atoms with E-state index in [4.69, 9.17) is 5.26 Å². The molecule has 1 aliphatic carbocycles. The molecule has 0 amide bonds. The van der Waals surface area contributed by atoms with Crippen molar-refractivity contribution in [3.8, 4) is 6.07 Å². The number of nitrogens with one attached hydrogen (secondary N) is 1. The lowest BCUT2D eigenvalue weighted by Gasteiger charge is -2.26. The van der Waals surface area contributed by atoms with Crippen LogP contribution in [0.4, 0.5) is 0 Å². The zero-order chi connectivity index (χ0) is 12.1. The Labute approximate surface area is 104 Å². The zero-order valence-corrected chi connectivity index (χ0v) is 10.4. The average Bonchev–Trinajstić information content (AvgIpc) is 2.38. The maximum Gasteiger partial charge on any atom is 0.0655 e. The Balaban J connectivity index is 1.80. The average molecular weight is 228 g/mol. The molecule has 1 aromatic rings. The second-order valence-electron chi connectivity index (χ2n) is 4.99. The summed E-state index contributed by atoms with van der Waals surface area (Å²) in [5, 5.41) is 12.5. The molecule has 2 nitrogen and oxygen atoms in total. The third kappa shape index (κ3) is 3.31. The monoisotopic (exact) mass is 228 g/mol. The van der Waals surface area contributed by atoms with E-state index in [1.54, 1.807) is 0 Å². The Morgan fingerprint density at radius 3 is 2.59 bits per heavy atom. The van der Waals surface area contributed by atoms with Crippen LogP contribution >= 0.6 is 0 Å². The van der Waals surface area contributed by atoms with E-state index in [1.807, 2.05) is 0 Å². The van der Waals surface area contributed by atoms with Crippen molar-refractivity contribution >= 4 is 0 Å². The van der Waals surface area contributed by atoms with Crippen LogP contribution in [0.1, 0.15) is 36.8 Å². The second kappa shape index (κ2) is 5.84. The Hall–Kier alpha value is -1.33. The van der Waals surface area contributed by atoms with Gasteiger partial charge in [0.15, 0.2) is 0 Å². The van der Waals surface area contributed by atoms with Crippen molar-refractivity contribution in [1.82, 2.24) is 5.32 Å². The first kappa shape index (κ1) is 12.1. The topological polar surface area (TPSA) is 35.8 Å². The van der Waals surface area contributed by atoms with Crippen LogP contribution in [0.15, 0.2) is 24.3 Å². The Morgan fingerprint density at radius 1 is 1.24 bits per heavy atom. The van der Waals surface area contributed by atoms with Crippen molar-refractivity contribution in [3.05, 3.63) is 35.4 Å². The van der Waals surface area contributed by atoms with Crippen molar-refractivity contribution < 1.29 is 0 Å². The molecule has 2 rings (SSSR count). The van der Waals surface area contributed by atoms with Crippen molar-refractivity contribution in [3.63, 3.8) is 0 Å². The fourth-order valence-corrected chi connectivity index (χ4v) is 2.49. The molecule has 0 bridgehead atoms.